The van der Waals surface area contributed by atoms with Crippen LogP contribution in [0.4, 0.5) is 27.6 Å². The van der Waals surface area contributed by atoms with Crippen molar-refractivity contribution < 1.29 is 31.5 Å². The van der Waals surface area contributed by atoms with Crippen LogP contribution in [0.15, 0.2) is 6.20 Å². The average Bonchev–Trinajstić information content (AvgIpc) is 2.66. The molecule has 0 bridgehead atoms. The molecule has 1 aromatic heterocycles. The van der Waals surface area contributed by atoms with Crippen LogP contribution in [0.5, 0.6) is 0 Å². The van der Waals surface area contributed by atoms with Crippen molar-refractivity contribution in [2.75, 3.05) is 24.6 Å². The number of carbonyl (C=O) groups is 1. The van der Waals surface area contributed by atoms with Gasteiger partial charge in [0.05, 0.1) is 23.5 Å². The van der Waals surface area contributed by atoms with Gasteiger partial charge < -0.3 is 9.64 Å². The number of rotatable bonds is 3. The molecule has 1 saturated heterocycles. The summed E-state index contributed by atoms with van der Waals surface area (Å²) in [5.74, 6) is -3.91. The monoisotopic (exact) mass is 386 g/mol. The average molecular weight is 387 g/mol. The molecule has 1 fully saturated rings. The highest BCUT2D eigenvalue weighted by Gasteiger charge is 2.39. The largest absolute Gasteiger partial charge is 0.462 e. The van der Waals surface area contributed by atoms with Gasteiger partial charge in [0.2, 0.25) is 5.92 Å². The molecular formula is C15H16ClF5N2O2. The van der Waals surface area contributed by atoms with Crippen LogP contribution in [0.2, 0.25) is 5.02 Å². The fourth-order valence-corrected chi connectivity index (χ4v) is 2.95. The molecule has 0 aromatic carbocycles. The first-order chi connectivity index (χ1) is 11.6. The van der Waals surface area contributed by atoms with Crippen molar-refractivity contribution in [2.45, 2.75) is 38.3 Å². The predicted octanol–water partition coefficient (Wildman–Crippen LogP) is 4.56. The fraction of sp³-hybridized carbons (Fsp3) is 0.600. The summed E-state index contributed by atoms with van der Waals surface area (Å²) >= 11 is 5.79. The number of carbonyl (C=O) groups excluding carboxylic acids is 1. The lowest BCUT2D eigenvalue weighted by Crippen LogP contribution is -2.29. The first-order valence-corrected chi connectivity index (χ1v) is 8.00. The van der Waals surface area contributed by atoms with Crippen LogP contribution in [0.3, 0.4) is 0 Å². The van der Waals surface area contributed by atoms with E-state index < -0.39 is 40.8 Å². The van der Waals surface area contributed by atoms with E-state index in [0.29, 0.717) is 0 Å². The molecule has 0 atom stereocenters. The molecule has 0 spiro atoms. The number of esters is 1. The highest BCUT2D eigenvalue weighted by Crippen LogP contribution is 2.39. The smallest absolute Gasteiger partial charge is 0.434 e. The summed E-state index contributed by atoms with van der Waals surface area (Å²) in [6.07, 6.45) is -4.71. The second-order valence-electron chi connectivity index (χ2n) is 5.60. The molecule has 0 N–H and O–H groups in total. The molecule has 1 aliphatic rings. The Morgan fingerprint density at radius 3 is 2.64 bits per heavy atom. The molecule has 1 aliphatic heterocycles. The number of aromatic nitrogens is 1. The summed E-state index contributed by atoms with van der Waals surface area (Å²) in [7, 11) is 0. The van der Waals surface area contributed by atoms with Crippen LogP contribution < -0.4 is 4.90 Å². The van der Waals surface area contributed by atoms with E-state index >= 15 is 0 Å². The zero-order chi connectivity index (χ0) is 18.8. The van der Waals surface area contributed by atoms with Crippen LogP contribution in [0.1, 0.15) is 42.2 Å². The highest BCUT2D eigenvalue weighted by molar-refractivity contribution is 6.35. The van der Waals surface area contributed by atoms with Crippen molar-refractivity contribution in [1.82, 2.24) is 4.98 Å². The minimum absolute atomic E-state index is 0.0332. The van der Waals surface area contributed by atoms with Gasteiger partial charge in [-0.3, -0.25) is 0 Å². The molecule has 4 nitrogen and oxygen atoms in total. The summed E-state index contributed by atoms with van der Waals surface area (Å²) in [5.41, 5.74) is -1.95. The van der Waals surface area contributed by atoms with Gasteiger partial charge in [-0.25, -0.2) is 18.6 Å². The normalized spacial score (nSPS) is 18.0. The zero-order valence-corrected chi connectivity index (χ0v) is 14.1. The third kappa shape index (κ3) is 4.50. The summed E-state index contributed by atoms with van der Waals surface area (Å²) in [6, 6.07) is 0. The molecule has 0 unspecified atom stereocenters. The van der Waals surface area contributed by atoms with Crippen LogP contribution in [-0.4, -0.2) is 36.6 Å². The van der Waals surface area contributed by atoms with Crippen LogP contribution in [0, 0.1) is 0 Å². The van der Waals surface area contributed by atoms with Gasteiger partial charge >= 0.3 is 12.1 Å². The van der Waals surface area contributed by atoms with Gasteiger partial charge in [0.1, 0.15) is 5.56 Å². The van der Waals surface area contributed by atoms with Crippen molar-refractivity contribution >= 4 is 23.3 Å². The molecule has 140 valence electrons. The zero-order valence-electron chi connectivity index (χ0n) is 13.3. The van der Waals surface area contributed by atoms with Gasteiger partial charge in [-0.1, -0.05) is 11.6 Å². The molecule has 10 heteroatoms. The van der Waals surface area contributed by atoms with Gasteiger partial charge in [0.15, 0.2) is 5.69 Å². The Labute approximate surface area is 145 Å². The lowest BCUT2D eigenvalue weighted by atomic mass is 10.1. The number of alkyl halides is 5. The third-order valence-electron chi connectivity index (χ3n) is 3.81. The summed E-state index contributed by atoms with van der Waals surface area (Å²) in [5, 5.41) is -0.889. The van der Waals surface area contributed by atoms with E-state index in [1.807, 2.05) is 0 Å². The molecule has 0 radical (unpaired) electrons. The van der Waals surface area contributed by atoms with E-state index in [4.69, 9.17) is 16.3 Å². The SMILES string of the molecule is CCOC(=O)c1c(N2CCCC(F)(F)CC2)cnc(C(F)(F)F)c1Cl. The van der Waals surface area contributed by atoms with Crippen LogP contribution >= 0.6 is 11.6 Å². The maximum absolute atomic E-state index is 13.5. The minimum Gasteiger partial charge on any atom is -0.462 e. The van der Waals surface area contributed by atoms with Crippen LogP contribution in [-0.2, 0) is 10.9 Å². The van der Waals surface area contributed by atoms with E-state index in [2.05, 4.69) is 4.98 Å². The Morgan fingerprint density at radius 1 is 1.36 bits per heavy atom. The van der Waals surface area contributed by atoms with Gasteiger partial charge in [-0.05, 0) is 13.3 Å². The first-order valence-electron chi connectivity index (χ1n) is 7.62. The maximum Gasteiger partial charge on any atom is 0.434 e. The molecule has 0 aliphatic carbocycles. The highest BCUT2D eigenvalue weighted by atomic mass is 35.5. The van der Waals surface area contributed by atoms with Crippen molar-refractivity contribution in [3.8, 4) is 0 Å². The molecule has 2 rings (SSSR count). The molecule has 0 saturated carbocycles. The molecule has 1 aromatic rings. The second-order valence-corrected chi connectivity index (χ2v) is 5.97. The summed E-state index contributed by atoms with van der Waals surface area (Å²) < 4.78 is 70.9. The molecular weight excluding hydrogens is 371 g/mol. The van der Waals surface area contributed by atoms with Gasteiger partial charge in [0, 0.05) is 25.9 Å². The van der Waals surface area contributed by atoms with Crippen molar-refractivity contribution in [2.24, 2.45) is 0 Å². The molecule has 2 heterocycles. The first kappa shape index (κ1) is 19.7. The number of nitrogens with zero attached hydrogens (tertiary/aromatic N) is 2. The number of halogens is 6. The lowest BCUT2D eigenvalue weighted by molar-refractivity contribution is -0.141. The van der Waals surface area contributed by atoms with Crippen molar-refractivity contribution in [3.05, 3.63) is 22.5 Å². The van der Waals surface area contributed by atoms with E-state index in [9.17, 15) is 26.7 Å². The summed E-state index contributed by atoms with van der Waals surface area (Å²) in [6.45, 7) is 1.42. The number of anilines is 1. The third-order valence-corrected chi connectivity index (χ3v) is 4.17. The Bertz CT molecular complexity index is 652. The van der Waals surface area contributed by atoms with Crippen molar-refractivity contribution in [1.29, 1.82) is 0 Å². The standard InChI is InChI=1S/C15H16ClF5N2O2/c1-2-25-13(24)10-9(8-22-12(11(10)16)15(19,20)21)23-6-3-4-14(17,18)5-7-23/h8H,2-7H2,1H3. The Morgan fingerprint density at radius 2 is 2.04 bits per heavy atom. The quantitative estimate of drug-likeness (QED) is 0.564. The fourth-order valence-electron chi connectivity index (χ4n) is 2.62. The molecule has 0 amide bonds. The van der Waals surface area contributed by atoms with E-state index in [0.717, 1.165) is 6.20 Å². The minimum atomic E-state index is -4.86. The summed E-state index contributed by atoms with van der Waals surface area (Å²) in [4.78, 5) is 16.8. The topological polar surface area (TPSA) is 42.4 Å². The number of hydrogen-bond donors (Lipinski definition) is 0. The van der Waals surface area contributed by atoms with E-state index in [-0.39, 0.29) is 38.2 Å². The Hall–Kier alpha value is -1.64. The number of pyridine rings is 1. The maximum atomic E-state index is 13.5. The van der Waals surface area contributed by atoms with Gasteiger partial charge in [0.25, 0.3) is 0 Å². The Kier molecular flexibility index (Phi) is 5.75. The van der Waals surface area contributed by atoms with Gasteiger partial charge in [-0.2, -0.15) is 13.2 Å². The number of hydrogen-bond acceptors (Lipinski definition) is 4. The molecule has 25 heavy (non-hydrogen) atoms. The van der Waals surface area contributed by atoms with E-state index in [1.165, 1.54) is 11.8 Å². The second kappa shape index (κ2) is 7.31. The lowest BCUT2D eigenvalue weighted by Gasteiger charge is -2.26. The van der Waals surface area contributed by atoms with Crippen LogP contribution in [0.25, 0.3) is 0 Å². The number of ether oxygens (including phenoxy) is 1. The van der Waals surface area contributed by atoms with Gasteiger partial charge in [-0.15, -0.1) is 0 Å². The van der Waals surface area contributed by atoms with E-state index in [1.54, 1.807) is 0 Å². The Balaban J connectivity index is 2.50. The van der Waals surface area contributed by atoms with Crippen molar-refractivity contribution in [3.63, 3.8) is 0 Å². The predicted molar refractivity (Wildman–Crippen MR) is 81.2 cm³/mol.